The topological polar surface area (TPSA) is 20.2 Å². The first-order chi connectivity index (χ1) is 8.41. The van der Waals surface area contributed by atoms with Gasteiger partial charge in [0.25, 0.3) is 0 Å². The molecule has 101 valence electrons. The smallest absolute Gasteiger partial charge is 0.0431 e. The maximum absolute atomic E-state index is 8.63. The van der Waals surface area contributed by atoms with Crippen molar-refractivity contribution in [2.75, 3.05) is 6.61 Å². The summed E-state index contributed by atoms with van der Waals surface area (Å²) in [6, 6.07) is 0. The molecule has 0 heterocycles. The zero-order valence-electron chi connectivity index (χ0n) is 11.5. The molecular formula is C16H31O. The van der Waals surface area contributed by atoms with Crippen molar-refractivity contribution in [3.8, 4) is 0 Å². The molecule has 0 spiro atoms. The molecule has 0 rings (SSSR count). The maximum Gasteiger partial charge on any atom is 0.0431 e. The summed E-state index contributed by atoms with van der Waals surface area (Å²) in [7, 11) is 0. The molecule has 0 saturated carbocycles. The molecule has 1 N–H and O–H groups in total. The van der Waals surface area contributed by atoms with Crippen LogP contribution < -0.4 is 0 Å². The number of aliphatic hydroxyl groups is 1. The fraction of sp³-hybridized carbons (Fsp3) is 0.812. The van der Waals surface area contributed by atoms with Crippen LogP contribution in [0.2, 0.25) is 0 Å². The van der Waals surface area contributed by atoms with Crippen molar-refractivity contribution >= 4 is 0 Å². The number of rotatable bonds is 13. The van der Waals surface area contributed by atoms with Crippen molar-refractivity contribution in [3.63, 3.8) is 0 Å². The number of allylic oxidation sites excluding steroid dienone is 2. The van der Waals surface area contributed by atoms with Gasteiger partial charge in [0.15, 0.2) is 0 Å². The van der Waals surface area contributed by atoms with Gasteiger partial charge >= 0.3 is 0 Å². The Morgan fingerprint density at radius 2 is 1.12 bits per heavy atom. The lowest BCUT2D eigenvalue weighted by atomic mass is 10.1. The van der Waals surface area contributed by atoms with E-state index in [1.165, 1.54) is 64.2 Å². The Bertz CT molecular complexity index is 152. The van der Waals surface area contributed by atoms with Gasteiger partial charge in [0.1, 0.15) is 0 Å². The van der Waals surface area contributed by atoms with Crippen molar-refractivity contribution in [3.05, 3.63) is 19.1 Å². The van der Waals surface area contributed by atoms with Crippen molar-refractivity contribution in [1.29, 1.82) is 0 Å². The molecule has 0 aliphatic carbocycles. The van der Waals surface area contributed by atoms with Gasteiger partial charge in [-0.25, -0.2) is 0 Å². The minimum atomic E-state index is 0.351. The van der Waals surface area contributed by atoms with Gasteiger partial charge in [0, 0.05) is 6.61 Å². The average Bonchev–Trinajstić information content (AvgIpc) is 2.35. The lowest BCUT2D eigenvalue weighted by Crippen LogP contribution is -1.82. The monoisotopic (exact) mass is 239 g/mol. The van der Waals surface area contributed by atoms with E-state index >= 15 is 0 Å². The van der Waals surface area contributed by atoms with Crippen LogP contribution in [0.5, 0.6) is 0 Å². The van der Waals surface area contributed by atoms with E-state index in [1.807, 2.05) is 0 Å². The Morgan fingerprint density at radius 1 is 0.647 bits per heavy atom. The summed E-state index contributed by atoms with van der Waals surface area (Å²) in [5.41, 5.74) is 0. The molecule has 0 unspecified atom stereocenters. The summed E-state index contributed by atoms with van der Waals surface area (Å²) in [5, 5.41) is 8.63. The molecule has 1 nitrogen and oxygen atoms in total. The third-order valence-electron chi connectivity index (χ3n) is 3.07. The van der Waals surface area contributed by atoms with Gasteiger partial charge in [-0.2, -0.15) is 0 Å². The summed E-state index contributed by atoms with van der Waals surface area (Å²) in [6.07, 6.45) is 19.7. The number of aliphatic hydroxyl groups excluding tert-OH is 1. The van der Waals surface area contributed by atoms with Crippen molar-refractivity contribution in [2.45, 2.75) is 77.0 Å². The van der Waals surface area contributed by atoms with Crippen LogP contribution in [-0.4, -0.2) is 11.7 Å². The molecule has 0 saturated heterocycles. The molecule has 0 aromatic rings. The van der Waals surface area contributed by atoms with Crippen molar-refractivity contribution < 1.29 is 5.11 Å². The highest BCUT2D eigenvalue weighted by molar-refractivity contribution is 4.81. The van der Waals surface area contributed by atoms with Crippen LogP contribution in [0.1, 0.15) is 77.0 Å². The zero-order chi connectivity index (χ0) is 12.6. The summed E-state index contributed by atoms with van der Waals surface area (Å²) in [6.45, 7) is 4.21. The second kappa shape index (κ2) is 15.7. The molecule has 0 bridgehead atoms. The van der Waals surface area contributed by atoms with E-state index in [0.717, 1.165) is 12.8 Å². The summed E-state index contributed by atoms with van der Waals surface area (Å²) < 4.78 is 0. The second-order valence-electron chi connectivity index (χ2n) is 4.81. The SMILES string of the molecule is [CH2]CCCCCCC/C=C\CCCCCCO. The first-order valence-corrected chi connectivity index (χ1v) is 7.47. The van der Waals surface area contributed by atoms with Crippen LogP contribution in [0.4, 0.5) is 0 Å². The second-order valence-corrected chi connectivity index (χ2v) is 4.81. The van der Waals surface area contributed by atoms with Gasteiger partial charge in [-0.15, -0.1) is 0 Å². The molecule has 0 aliphatic heterocycles. The molecule has 1 heteroatoms. The molecule has 0 amide bonds. The first kappa shape index (κ1) is 16.7. The summed E-state index contributed by atoms with van der Waals surface area (Å²) >= 11 is 0. The highest BCUT2D eigenvalue weighted by Gasteiger charge is 1.89. The third-order valence-corrected chi connectivity index (χ3v) is 3.07. The zero-order valence-corrected chi connectivity index (χ0v) is 11.5. The van der Waals surface area contributed by atoms with E-state index in [-0.39, 0.29) is 0 Å². The van der Waals surface area contributed by atoms with Gasteiger partial charge in [0.2, 0.25) is 0 Å². The molecule has 0 atom stereocenters. The molecule has 0 aromatic heterocycles. The molecule has 0 fully saturated rings. The van der Waals surface area contributed by atoms with Gasteiger partial charge in [0.05, 0.1) is 0 Å². The Balaban J connectivity index is 2.99. The lowest BCUT2D eigenvalue weighted by Gasteiger charge is -1.98. The minimum absolute atomic E-state index is 0.351. The van der Waals surface area contributed by atoms with Gasteiger partial charge in [-0.05, 0) is 32.1 Å². The quantitative estimate of drug-likeness (QED) is 0.352. The highest BCUT2D eigenvalue weighted by atomic mass is 16.2. The minimum Gasteiger partial charge on any atom is -0.396 e. The number of hydrogen-bond donors (Lipinski definition) is 1. The standard InChI is InChI=1S/C16H31O/c1-2-3-4-5-6-7-8-9-10-11-12-13-14-15-16-17/h9-10,17H,1-8,11-16H2/b10-9-. The molecule has 0 aliphatic rings. The lowest BCUT2D eigenvalue weighted by molar-refractivity contribution is 0.282. The van der Waals surface area contributed by atoms with Crippen LogP contribution in [0, 0.1) is 6.92 Å². The van der Waals surface area contributed by atoms with E-state index in [4.69, 9.17) is 5.11 Å². The Kier molecular flexibility index (Phi) is 15.4. The fourth-order valence-corrected chi connectivity index (χ4v) is 1.93. The molecule has 0 aromatic carbocycles. The summed E-state index contributed by atoms with van der Waals surface area (Å²) in [5.74, 6) is 0. The van der Waals surface area contributed by atoms with Crippen LogP contribution in [0.15, 0.2) is 12.2 Å². The van der Waals surface area contributed by atoms with Gasteiger partial charge in [-0.1, -0.05) is 64.0 Å². The van der Waals surface area contributed by atoms with Crippen LogP contribution in [-0.2, 0) is 0 Å². The maximum atomic E-state index is 8.63. The van der Waals surface area contributed by atoms with Crippen LogP contribution in [0.3, 0.4) is 0 Å². The third kappa shape index (κ3) is 15.7. The largest absolute Gasteiger partial charge is 0.396 e. The predicted molar refractivity (Wildman–Crippen MR) is 77.0 cm³/mol. The normalized spacial score (nSPS) is 11.4. The Morgan fingerprint density at radius 3 is 1.65 bits per heavy atom. The van der Waals surface area contributed by atoms with Gasteiger partial charge < -0.3 is 5.11 Å². The Labute approximate surface area is 108 Å². The van der Waals surface area contributed by atoms with E-state index in [1.54, 1.807) is 0 Å². The Hall–Kier alpha value is -0.300. The molecule has 17 heavy (non-hydrogen) atoms. The fourth-order valence-electron chi connectivity index (χ4n) is 1.93. The van der Waals surface area contributed by atoms with Crippen LogP contribution in [0.25, 0.3) is 0 Å². The van der Waals surface area contributed by atoms with Crippen LogP contribution >= 0.6 is 0 Å². The molecular weight excluding hydrogens is 208 g/mol. The predicted octanol–water partition coefficient (Wildman–Crippen LogP) is 5.05. The van der Waals surface area contributed by atoms with E-state index < -0.39 is 0 Å². The average molecular weight is 239 g/mol. The highest BCUT2D eigenvalue weighted by Crippen LogP contribution is 2.08. The summed E-state index contributed by atoms with van der Waals surface area (Å²) in [4.78, 5) is 0. The van der Waals surface area contributed by atoms with E-state index in [0.29, 0.717) is 6.61 Å². The van der Waals surface area contributed by atoms with E-state index in [2.05, 4.69) is 19.1 Å². The van der Waals surface area contributed by atoms with Crippen molar-refractivity contribution in [1.82, 2.24) is 0 Å². The van der Waals surface area contributed by atoms with Gasteiger partial charge in [-0.3, -0.25) is 0 Å². The number of unbranched alkanes of at least 4 members (excludes halogenated alkanes) is 10. The molecule has 1 radical (unpaired) electrons. The van der Waals surface area contributed by atoms with E-state index in [9.17, 15) is 0 Å². The first-order valence-electron chi connectivity index (χ1n) is 7.47. The van der Waals surface area contributed by atoms with Crippen molar-refractivity contribution in [2.24, 2.45) is 0 Å². The number of hydrogen-bond acceptors (Lipinski definition) is 1.